The molecule has 0 aromatic rings. The Balaban J connectivity index is 2.18. The molecule has 60 valence electrons. The molecule has 0 radical (unpaired) electrons. The molecule has 1 fully saturated rings. The second kappa shape index (κ2) is 3.94. The van der Waals surface area contributed by atoms with Gasteiger partial charge >= 0.3 is 0 Å². The molecule has 2 nitrogen and oxygen atoms in total. The maximum atomic E-state index is 9.23. The Morgan fingerprint density at radius 1 is 1.50 bits per heavy atom. The van der Waals surface area contributed by atoms with Crippen molar-refractivity contribution >= 4 is 0 Å². The minimum Gasteiger partial charge on any atom is -0.393 e. The Bertz CT molecular complexity index is 91.3. The topological polar surface area (TPSA) is 29.5 Å². The third kappa shape index (κ3) is 2.27. The first-order chi connectivity index (χ1) is 4.83. The second-order valence-electron chi connectivity index (χ2n) is 2.90. The summed E-state index contributed by atoms with van der Waals surface area (Å²) >= 11 is 0. The molecule has 2 heteroatoms. The molecule has 0 heterocycles. The van der Waals surface area contributed by atoms with E-state index in [9.17, 15) is 5.11 Å². The molecule has 1 aliphatic carbocycles. The van der Waals surface area contributed by atoms with Crippen LogP contribution in [0.2, 0.25) is 0 Å². The molecule has 1 aliphatic rings. The van der Waals surface area contributed by atoms with Crippen molar-refractivity contribution in [2.75, 3.05) is 6.61 Å². The van der Waals surface area contributed by atoms with Gasteiger partial charge in [0.05, 0.1) is 12.2 Å². The summed E-state index contributed by atoms with van der Waals surface area (Å²) in [7, 11) is 0. The minimum atomic E-state index is -0.106. The van der Waals surface area contributed by atoms with Crippen molar-refractivity contribution in [2.45, 2.75) is 44.8 Å². The zero-order valence-corrected chi connectivity index (χ0v) is 6.55. The molecule has 2 atom stereocenters. The first kappa shape index (κ1) is 8.02. The van der Waals surface area contributed by atoms with Crippen LogP contribution in [0.5, 0.6) is 0 Å². The Kier molecular flexibility index (Phi) is 3.16. The number of ether oxygens (including phenoxy) is 1. The minimum absolute atomic E-state index is 0.106. The number of hydrogen-bond donors (Lipinski definition) is 1. The van der Waals surface area contributed by atoms with E-state index < -0.39 is 0 Å². The number of aliphatic hydroxyl groups is 1. The van der Waals surface area contributed by atoms with Crippen LogP contribution >= 0.6 is 0 Å². The van der Waals surface area contributed by atoms with Gasteiger partial charge in [-0.2, -0.15) is 0 Å². The molecule has 1 rings (SSSR count). The summed E-state index contributed by atoms with van der Waals surface area (Å²) in [5.41, 5.74) is 0. The Labute approximate surface area is 62.2 Å². The van der Waals surface area contributed by atoms with Crippen LogP contribution < -0.4 is 0 Å². The van der Waals surface area contributed by atoms with Gasteiger partial charge in [-0.25, -0.2) is 0 Å². The van der Waals surface area contributed by atoms with Crippen molar-refractivity contribution < 1.29 is 9.84 Å². The van der Waals surface area contributed by atoms with Gasteiger partial charge in [0, 0.05) is 6.61 Å². The van der Waals surface area contributed by atoms with Crippen LogP contribution in [-0.2, 0) is 4.74 Å². The molecule has 0 aromatic carbocycles. The van der Waals surface area contributed by atoms with Gasteiger partial charge in [-0.15, -0.1) is 0 Å². The molecule has 0 amide bonds. The summed E-state index contributed by atoms with van der Waals surface area (Å²) in [5.74, 6) is 0. The quantitative estimate of drug-likeness (QED) is 0.633. The highest BCUT2D eigenvalue weighted by atomic mass is 16.5. The van der Waals surface area contributed by atoms with Crippen molar-refractivity contribution in [2.24, 2.45) is 0 Å². The van der Waals surface area contributed by atoms with Gasteiger partial charge in [-0.05, 0) is 32.6 Å². The standard InChI is InChI=1S/C8H16O2/c1-2-10-8-5-3-4-7(9)6-8/h7-9H,2-6H2,1H3. The lowest BCUT2D eigenvalue weighted by Crippen LogP contribution is -2.25. The summed E-state index contributed by atoms with van der Waals surface area (Å²) < 4.78 is 5.39. The lowest BCUT2D eigenvalue weighted by molar-refractivity contribution is -0.00912. The van der Waals surface area contributed by atoms with E-state index in [0.29, 0.717) is 6.10 Å². The summed E-state index contributed by atoms with van der Waals surface area (Å²) in [4.78, 5) is 0. The predicted octanol–water partition coefficient (Wildman–Crippen LogP) is 1.33. The van der Waals surface area contributed by atoms with E-state index in [1.54, 1.807) is 0 Å². The van der Waals surface area contributed by atoms with Gasteiger partial charge in [-0.1, -0.05) is 0 Å². The fourth-order valence-electron chi connectivity index (χ4n) is 1.51. The fourth-order valence-corrected chi connectivity index (χ4v) is 1.51. The molecule has 1 saturated carbocycles. The highest BCUT2D eigenvalue weighted by molar-refractivity contribution is 4.71. The molecule has 0 aliphatic heterocycles. The predicted molar refractivity (Wildman–Crippen MR) is 39.9 cm³/mol. The van der Waals surface area contributed by atoms with E-state index in [2.05, 4.69) is 0 Å². The van der Waals surface area contributed by atoms with Gasteiger partial charge < -0.3 is 9.84 Å². The van der Waals surface area contributed by atoms with E-state index in [1.165, 1.54) is 0 Å². The number of hydrogen-bond acceptors (Lipinski definition) is 2. The highest BCUT2D eigenvalue weighted by Gasteiger charge is 2.19. The normalized spacial score (nSPS) is 34.2. The van der Waals surface area contributed by atoms with Gasteiger partial charge in [-0.3, -0.25) is 0 Å². The van der Waals surface area contributed by atoms with Crippen molar-refractivity contribution in [1.29, 1.82) is 0 Å². The average molecular weight is 144 g/mol. The molecule has 1 N–H and O–H groups in total. The number of aliphatic hydroxyl groups excluding tert-OH is 1. The van der Waals surface area contributed by atoms with E-state index in [4.69, 9.17) is 4.74 Å². The smallest absolute Gasteiger partial charge is 0.0599 e. The molecule has 0 aromatic heterocycles. The zero-order chi connectivity index (χ0) is 7.40. The van der Waals surface area contributed by atoms with Gasteiger partial charge in [0.1, 0.15) is 0 Å². The molecule has 0 bridgehead atoms. The van der Waals surface area contributed by atoms with Crippen molar-refractivity contribution in [3.05, 3.63) is 0 Å². The first-order valence-electron chi connectivity index (χ1n) is 4.12. The molecule has 2 unspecified atom stereocenters. The third-order valence-corrected chi connectivity index (χ3v) is 2.00. The molecule has 0 spiro atoms. The Hall–Kier alpha value is -0.0800. The van der Waals surface area contributed by atoms with Crippen LogP contribution in [0.25, 0.3) is 0 Å². The monoisotopic (exact) mass is 144 g/mol. The maximum Gasteiger partial charge on any atom is 0.0599 e. The van der Waals surface area contributed by atoms with Gasteiger partial charge in [0.2, 0.25) is 0 Å². The third-order valence-electron chi connectivity index (χ3n) is 2.00. The Morgan fingerprint density at radius 3 is 2.90 bits per heavy atom. The van der Waals surface area contributed by atoms with Crippen LogP contribution in [0.1, 0.15) is 32.6 Å². The van der Waals surface area contributed by atoms with Crippen LogP contribution in [0.3, 0.4) is 0 Å². The summed E-state index contributed by atoms with van der Waals surface area (Å²) in [5, 5.41) is 9.23. The summed E-state index contributed by atoms with van der Waals surface area (Å²) in [6, 6.07) is 0. The van der Waals surface area contributed by atoms with Gasteiger partial charge in [0.15, 0.2) is 0 Å². The molecule has 10 heavy (non-hydrogen) atoms. The summed E-state index contributed by atoms with van der Waals surface area (Å²) in [6.07, 6.45) is 4.27. The molecular weight excluding hydrogens is 128 g/mol. The lowest BCUT2D eigenvalue weighted by atomic mass is 9.95. The molecule has 0 saturated heterocycles. The van der Waals surface area contributed by atoms with Crippen LogP contribution in [0.15, 0.2) is 0 Å². The van der Waals surface area contributed by atoms with E-state index in [0.717, 1.165) is 32.3 Å². The average Bonchev–Trinajstić information content (AvgIpc) is 1.88. The van der Waals surface area contributed by atoms with E-state index >= 15 is 0 Å². The van der Waals surface area contributed by atoms with Crippen LogP contribution in [0, 0.1) is 0 Å². The SMILES string of the molecule is CCOC1CCCC(O)C1. The lowest BCUT2D eigenvalue weighted by Gasteiger charge is -2.25. The number of rotatable bonds is 2. The van der Waals surface area contributed by atoms with Crippen LogP contribution in [0.4, 0.5) is 0 Å². The summed E-state index contributed by atoms with van der Waals surface area (Å²) in [6.45, 7) is 2.78. The zero-order valence-electron chi connectivity index (χ0n) is 6.55. The van der Waals surface area contributed by atoms with Crippen molar-refractivity contribution in [3.8, 4) is 0 Å². The second-order valence-corrected chi connectivity index (χ2v) is 2.90. The Morgan fingerprint density at radius 2 is 2.30 bits per heavy atom. The van der Waals surface area contributed by atoms with Crippen molar-refractivity contribution in [1.82, 2.24) is 0 Å². The molecular formula is C8H16O2. The maximum absolute atomic E-state index is 9.23. The highest BCUT2D eigenvalue weighted by Crippen LogP contribution is 2.20. The van der Waals surface area contributed by atoms with E-state index in [-0.39, 0.29) is 6.10 Å². The fraction of sp³-hybridized carbons (Fsp3) is 1.00. The van der Waals surface area contributed by atoms with Gasteiger partial charge in [0.25, 0.3) is 0 Å². The van der Waals surface area contributed by atoms with Crippen LogP contribution in [-0.4, -0.2) is 23.9 Å². The largest absolute Gasteiger partial charge is 0.393 e. The van der Waals surface area contributed by atoms with E-state index in [1.807, 2.05) is 6.92 Å². The first-order valence-corrected chi connectivity index (χ1v) is 4.12. The van der Waals surface area contributed by atoms with Crippen molar-refractivity contribution in [3.63, 3.8) is 0 Å².